The standard InChI is InChI=1S/C14H26N4O11P2.Na.4H2O/c1-18(2,3)6-7-26-30(22,23)29-31(24,25)27-8-9-11(19)12(20)13(28-9)17-5-4-10(15)16-14(17)21;;;;;/h4-5,9,11-13,19-20H,6-8H2,1-3H3,(H3-,15,16,21,22,23,24,25);;4*1H2/q;+1;;;;/p-1/t9?,11-,12-,13?;;;;;/m1...../s1. The molecule has 2 heterocycles. The van der Waals surface area contributed by atoms with Crippen molar-refractivity contribution in [3.63, 3.8) is 0 Å². The molecule has 36 heavy (non-hydrogen) atoms. The van der Waals surface area contributed by atoms with Crippen LogP contribution in [0.2, 0.25) is 0 Å². The molecule has 0 radical (unpaired) electrons. The molecule has 0 spiro atoms. The van der Waals surface area contributed by atoms with E-state index in [0.29, 0.717) is 4.48 Å². The fraction of sp³-hybridized carbons (Fsp3) is 0.714. The fourth-order valence-corrected chi connectivity index (χ4v) is 4.47. The van der Waals surface area contributed by atoms with Crippen LogP contribution in [0.5, 0.6) is 0 Å². The minimum atomic E-state index is -5.43. The monoisotopic (exact) mass is 582 g/mol. The zero-order valence-corrected chi connectivity index (χ0v) is 23.8. The predicted octanol–water partition coefficient (Wildman–Crippen LogP) is -9.16. The quantitative estimate of drug-likeness (QED) is 0.131. The molecule has 6 atom stereocenters. The van der Waals surface area contributed by atoms with Gasteiger partial charge in [-0.1, -0.05) is 0 Å². The molecule has 0 saturated carbocycles. The van der Waals surface area contributed by atoms with Crippen molar-refractivity contribution in [1.29, 1.82) is 0 Å². The van der Waals surface area contributed by atoms with E-state index in [1.165, 1.54) is 6.07 Å². The molecular weight excluding hydrogens is 549 g/mol. The van der Waals surface area contributed by atoms with Gasteiger partial charge in [-0.2, -0.15) is 4.98 Å². The summed E-state index contributed by atoms with van der Waals surface area (Å²) in [5, 5.41) is 20.2. The van der Waals surface area contributed by atoms with Crippen molar-refractivity contribution in [2.75, 3.05) is 46.6 Å². The first-order chi connectivity index (χ1) is 14.1. The summed E-state index contributed by atoms with van der Waals surface area (Å²) in [5.74, 6) is -0.0793. The number of hydrogen-bond acceptors (Lipinski definition) is 13. The molecule has 12 N–H and O–H groups in total. The number of phosphoric ester groups is 2. The molecule has 1 aliphatic heterocycles. The van der Waals surface area contributed by atoms with Crippen molar-refractivity contribution in [1.82, 2.24) is 9.55 Å². The maximum Gasteiger partial charge on any atom is 1.00 e. The number of phosphoric acid groups is 2. The van der Waals surface area contributed by atoms with Gasteiger partial charge in [0.2, 0.25) is 0 Å². The number of quaternary nitrogens is 1. The number of nitrogen functional groups attached to an aromatic ring is 1. The second-order valence-electron chi connectivity index (χ2n) is 7.71. The van der Waals surface area contributed by atoms with Crippen LogP contribution in [0.4, 0.5) is 5.82 Å². The van der Waals surface area contributed by atoms with Crippen LogP contribution in [0, 0.1) is 0 Å². The van der Waals surface area contributed by atoms with Crippen LogP contribution in [0.15, 0.2) is 17.1 Å². The van der Waals surface area contributed by atoms with Crippen LogP contribution in [0.25, 0.3) is 0 Å². The summed E-state index contributed by atoms with van der Waals surface area (Å²) in [6, 6.07) is 1.25. The van der Waals surface area contributed by atoms with E-state index < -0.39 is 52.5 Å². The third-order valence-corrected chi connectivity index (χ3v) is 6.64. The summed E-state index contributed by atoms with van der Waals surface area (Å²) in [6.07, 6.45) is -5.01. The van der Waals surface area contributed by atoms with Gasteiger partial charge in [-0.05, 0) is 6.07 Å². The molecule has 0 amide bonds. The number of likely N-dealkylation sites (N-methyl/N-ethyl adjacent to an activating group) is 1. The Kier molecular flexibility index (Phi) is 19.6. The molecule has 2 rings (SSSR count). The van der Waals surface area contributed by atoms with Gasteiger partial charge in [0.1, 0.15) is 37.3 Å². The predicted molar refractivity (Wildman–Crippen MR) is 114 cm³/mol. The number of rotatable bonds is 10. The van der Waals surface area contributed by atoms with Gasteiger partial charge in [0.05, 0.1) is 27.7 Å². The van der Waals surface area contributed by atoms with E-state index in [1.807, 2.05) is 0 Å². The number of nitrogens with zero attached hydrogens (tertiary/aromatic N) is 3. The van der Waals surface area contributed by atoms with E-state index in [-0.39, 0.29) is 70.4 Å². The molecular formula is C14H33N4NaO15P2. The second kappa shape index (κ2) is 16.6. The number of aliphatic hydroxyl groups excluding tert-OH is 2. The number of anilines is 1. The molecule has 1 aromatic rings. The van der Waals surface area contributed by atoms with Crippen LogP contribution < -0.4 is 50.8 Å². The molecule has 1 saturated heterocycles. The summed E-state index contributed by atoms with van der Waals surface area (Å²) in [5.41, 5.74) is 4.50. The van der Waals surface area contributed by atoms with Crippen LogP contribution in [-0.2, 0) is 27.2 Å². The third-order valence-electron chi connectivity index (χ3n) is 4.07. The number of hydrogen-bond donors (Lipinski definition) is 3. The smallest absolute Gasteiger partial charge is 0.756 e. The van der Waals surface area contributed by atoms with Crippen LogP contribution in [0.1, 0.15) is 6.23 Å². The van der Waals surface area contributed by atoms with Crippen molar-refractivity contribution < 1.29 is 103 Å². The normalized spacial score (nSPS) is 24.3. The topological polar surface area (TPSA) is 345 Å². The Morgan fingerprint density at radius 3 is 2.14 bits per heavy atom. The van der Waals surface area contributed by atoms with Crippen LogP contribution in [0.3, 0.4) is 0 Å². The average Bonchev–Trinajstić information content (AvgIpc) is 2.86. The number of nitrogens with two attached hydrogens (primary N) is 1. The maximum atomic E-state index is 11.9. The number of aromatic nitrogens is 2. The van der Waals surface area contributed by atoms with E-state index in [0.717, 1.165) is 10.8 Å². The summed E-state index contributed by atoms with van der Waals surface area (Å²) >= 11 is 0. The summed E-state index contributed by atoms with van der Waals surface area (Å²) in [7, 11) is -5.36. The zero-order valence-electron chi connectivity index (χ0n) is 20.0. The van der Waals surface area contributed by atoms with Gasteiger partial charge in [-0.25, -0.2) is 9.11 Å². The van der Waals surface area contributed by atoms with Gasteiger partial charge in [-0.3, -0.25) is 13.7 Å². The first kappa shape index (κ1) is 42.7. The Morgan fingerprint density at radius 2 is 1.64 bits per heavy atom. The third kappa shape index (κ3) is 12.9. The molecule has 4 unspecified atom stereocenters. The van der Waals surface area contributed by atoms with E-state index >= 15 is 0 Å². The average molecular weight is 582 g/mol. The Labute approximate surface area is 227 Å². The van der Waals surface area contributed by atoms with Crippen molar-refractivity contribution >= 4 is 21.5 Å². The van der Waals surface area contributed by atoms with Crippen molar-refractivity contribution in [3.8, 4) is 0 Å². The molecule has 0 aromatic carbocycles. The van der Waals surface area contributed by atoms with Gasteiger partial charge in [0.25, 0.3) is 15.6 Å². The Morgan fingerprint density at radius 1 is 1.11 bits per heavy atom. The van der Waals surface area contributed by atoms with Gasteiger partial charge in [-0.15, -0.1) is 0 Å². The number of aliphatic hydroxyl groups is 2. The van der Waals surface area contributed by atoms with Gasteiger partial charge < -0.3 is 65.9 Å². The first-order valence-corrected chi connectivity index (χ1v) is 11.8. The van der Waals surface area contributed by atoms with Crippen LogP contribution in [-0.4, -0.2) is 105 Å². The van der Waals surface area contributed by atoms with Crippen LogP contribution >= 0.6 is 15.6 Å². The number of ether oxygens (including phenoxy) is 1. The van der Waals surface area contributed by atoms with E-state index in [1.54, 1.807) is 21.1 Å². The minimum Gasteiger partial charge on any atom is -0.756 e. The van der Waals surface area contributed by atoms with Gasteiger partial charge >= 0.3 is 35.2 Å². The summed E-state index contributed by atoms with van der Waals surface area (Å²) < 4.78 is 42.9. The minimum absolute atomic E-state index is 0. The zero-order chi connectivity index (χ0) is 23.6. The maximum absolute atomic E-state index is 11.9. The second-order valence-corrected chi connectivity index (χ2v) is 10.7. The summed E-state index contributed by atoms with van der Waals surface area (Å²) in [6.45, 7) is -0.987. The van der Waals surface area contributed by atoms with E-state index in [9.17, 15) is 33.9 Å². The van der Waals surface area contributed by atoms with Gasteiger partial charge in [0, 0.05) is 6.20 Å². The first-order valence-electron chi connectivity index (χ1n) is 8.89. The molecule has 19 nitrogen and oxygen atoms in total. The molecule has 0 aliphatic carbocycles. The van der Waals surface area contributed by atoms with Crippen molar-refractivity contribution in [2.24, 2.45) is 0 Å². The molecule has 210 valence electrons. The fourth-order valence-electron chi connectivity index (χ4n) is 2.48. The van der Waals surface area contributed by atoms with Crippen molar-refractivity contribution in [2.45, 2.75) is 24.5 Å². The summed E-state index contributed by atoms with van der Waals surface area (Å²) in [4.78, 5) is 38.9. The molecule has 1 fully saturated rings. The largest absolute Gasteiger partial charge is 1.00 e. The Balaban J connectivity index is -0.00000102. The molecule has 0 bridgehead atoms. The Bertz CT molecular complexity index is 932. The van der Waals surface area contributed by atoms with E-state index in [2.05, 4.69) is 18.3 Å². The van der Waals surface area contributed by atoms with E-state index in [4.69, 9.17) is 10.5 Å². The Hall–Kier alpha value is -0.380. The van der Waals surface area contributed by atoms with Gasteiger partial charge in [0.15, 0.2) is 6.23 Å². The SMILES string of the molecule is C[N+](C)(C)CCOP(=O)([O-])OP(=O)([O-])OCC1OC(n2ccc(N)nc2=O)[C@H](O)[C@@H]1O.O.O.O.O.[Na+]. The molecule has 1 aliphatic rings. The molecule has 1 aromatic heterocycles. The molecule has 22 heteroatoms. The van der Waals surface area contributed by atoms with Crippen molar-refractivity contribution in [3.05, 3.63) is 22.7 Å².